The molecule has 3 aromatic rings. The lowest BCUT2D eigenvalue weighted by Crippen LogP contribution is -2.31. The van der Waals surface area contributed by atoms with Crippen LogP contribution in [0.5, 0.6) is 5.75 Å². The van der Waals surface area contributed by atoms with Crippen LogP contribution in [0.4, 0.5) is 0 Å². The van der Waals surface area contributed by atoms with Crippen LogP contribution in [0, 0.1) is 5.92 Å². The number of aromatic amines is 1. The van der Waals surface area contributed by atoms with Gasteiger partial charge >= 0.3 is 5.97 Å². The lowest BCUT2D eigenvalue weighted by Gasteiger charge is -2.21. The number of aromatic nitrogens is 2. The molecule has 2 aromatic heterocycles. The van der Waals surface area contributed by atoms with Crippen LogP contribution in [0.1, 0.15) is 47.7 Å². The van der Waals surface area contributed by atoms with E-state index in [2.05, 4.69) is 9.72 Å². The van der Waals surface area contributed by atoms with Crippen LogP contribution in [0.2, 0.25) is 0 Å². The van der Waals surface area contributed by atoms with Gasteiger partial charge in [-0.3, -0.25) is 14.4 Å². The predicted molar refractivity (Wildman–Crippen MR) is 119 cm³/mol. The zero-order valence-electron chi connectivity index (χ0n) is 18.0. The highest BCUT2D eigenvalue weighted by molar-refractivity contribution is 5.92. The van der Waals surface area contributed by atoms with Gasteiger partial charge in [0.1, 0.15) is 11.3 Å². The molecule has 1 amide bonds. The smallest absolute Gasteiger partial charge is 0.343 e. The SMILES string of the molecule is COC(=O)c1c[nH]c(=O)c(C(CC(N)=O)c2cc3ccccc3n(CC(C)C)c2=O)c1O. The first kappa shape index (κ1) is 22.8. The molecule has 0 aliphatic heterocycles. The number of rotatable bonds is 7. The molecule has 0 saturated heterocycles. The maximum atomic E-state index is 13.5. The van der Waals surface area contributed by atoms with Crippen LogP contribution < -0.4 is 16.9 Å². The topological polar surface area (TPSA) is 144 Å². The van der Waals surface area contributed by atoms with Crippen LogP contribution in [-0.2, 0) is 16.1 Å². The van der Waals surface area contributed by atoms with E-state index in [1.807, 2.05) is 38.1 Å². The summed E-state index contributed by atoms with van der Waals surface area (Å²) in [7, 11) is 1.13. The van der Waals surface area contributed by atoms with Crippen molar-refractivity contribution in [3.63, 3.8) is 0 Å². The molecule has 9 heteroatoms. The number of para-hydroxylation sites is 1. The molecule has 4 N–H and O–H groups in total. The third kappa shape index (κ3) is 4.27. The molecule has 9 nitrogen and oxygen atoms in total. The van der Waals surface area contributed by atoms with Gasteiger partial charge in [0.25, 0.3) is 11.1 Å². The average molecular weight is 439 g/mol. The number of hydrogen-bond acceptors (Lipinski definition) is 6. The number of nitrogens with zero attached hydrogens (tertiary/aromatic N) is 1. The Bertz CT molecular complexity index is 1310. The number of pyridine rings is 2. The summed E-state index contributed by atoms with van der Waals surface area (Å²) in [5.41, 5.74) is 4.51. The van der Waals surface area contributed by atoms with E-state index < -0.39 is 41.1 Å². The van der Waals surface area contributed by atoms with E-state index in [0.29, 0.717) is 12.1 Å². The number of ether oxygens (including phenoxy) is 1. The first-order valence-electron chi connectivity index (χ1n) is 10.1. The molecule has 1 atom stereocenters. The van der Waals surface area contributed by atoms with Crippen molar-refractivity contribution in [3.05, 3.63) is 73.9 Å². The summed E-state index contributed by atoms with van der Waals surface area (Å²) in [6.07, 6.45) is 0.599. The number of amides is 1. The van der Waals surface area contributed by atoms with Gasteiger partial charge in [-0.2, -0.15) is 0 Å². The second-order valence-corrected chi connectivity index (χ2v) is 7.98. The number of hydrogen-bond donors (Lipinski definition) is 3. The first-order chi connectivity index (χ1) is 15.1. The Hall–Kier alpha value is -3.88. The largest absolute Gasteiger partial charge is 0.506 e. The number of H-pyrrole nitrogens is 1. The molecule has 2 heterocycles. The van der Waals surface area contributed by atoms with Gasteiger partial charge in [0.15, 0.2) is 0 Å². The molecular formula is C23H25N3O6. The minimum atomic E-state index is -1.17. The van der Waals surface area contributed by atoms with Crippen LogP contribution in [0.15, 0.2) is 46.1 Å². The molecule has 0 saturated carbocycles. The number of esters is 1. The molecule has 0 aliphatic rings. The van der Waals surface area contributed by atoms with Crippen LogP contribution in [0.3, 0.4) is 0 Å². The Morgan fingerprint density at radius 2 is 1.91 bits per heavy atom. The van der Waals surface area contributed by atoms with E-state index in [1.165, 1.54) is 0 Å². The Kier molecular flexibility index (Phi) is 6.47. The Morgan fingerprint density at radius 3 is 2.53 bits per heavy atom. The molecule has 32 heavy (non-hydrogen) atoms. The summed E-state index contributed by atoms with van der Waals surface area (Å²) in [5, 5.41) is 11.5. The average Bonchev–Trinajstić information content (AvgIpc) is 2.74. The third-order valence-electron chi connectivity index (χ3n) is 5.22. The molecule has 1 aromatic carbocycles. The zero-order valence-corrected chi connectivity index (χ0v) is 18.0. The van der Waals surface area contributed by atoms with Gasteiger partial charge in [-0.1, -0.05) is 32.0 Å². The number of fused-ring (bicyclic) bond motifs is 1. The summed E-state index contributed by atoms with van der Waals surface area (Å²) in [4.78, 5) is 52.6. The molecule has 0 fully saturated rings. The second-order valence-electron chi connectivity index (χ2n) is 7.98. The number of carbonyl (C=O) groups is 2. The van der Waals surface area contributed by atoms with E-state index in [0.717, 1.165) is 18.7 Å². The molecule has 0 radical (unpaired) electrons. The summed E-state index contributed by atoms with van der Waals surface area (Å²) in [5.74, 6) is -3.35. The maximum absolute atomic E-state index is 13.5. The fourth-order valence-electron chi connectivity index (χ4n) is 3.84. The molecular weight excluding hydrogens is 414 g/mol. The number of nitrogens with one attached hydrogen (secondary N) is 1. The highest BCUT2D eigenvalue weighted by Gasteiger charge is 2.30. The van der Waals surface area contributed by atoms with Gasteiger partial charge < -0.3 is 25.1 Å². The van der Waals surface area contributed by atoms with Crippen molar-refractivity contribution >= 4 is 22.8 Å². The van der Waals surface area contributed by atoms with Crippen molar-refractivity contribution in [1.29, 1.82) is 0 Å². The third-order valence-corrected chi connectivity index (χ3v) is 5.22. The van der Waals surface area contributed by atoms with E-state index in [-0.39, 0.29) is 22.6 Å². The fourth-order valence-corrected chi connectivity index (χ4v) is 3.84. The lowest BCUT2D eigenvalue weighted by atomic mass is 9.87. The fraction of sp³-hybridized carbons (Fsp3) is 0.304. The standard InChI is InChI=1S/C23H25N3O6/c1-12(2)11-26-17-7-5-4-6-13(17)8-15(22(26)30)14(9-18(24)27)19-20(28)16(23(31)32-3)10-25-21(19)29/h4-8,10,12,14H,9,11H2,1-3H3,(H2,24,27)(H2,25,28,29). The monoisotopic (exact) mass is 439 g/mol. The molecule has 168 valence electrons. The minimum Gasteiger partial charge on any atom is -0.506 e. The van der Waals surface area contributed by atoms with E-state index in [1.54, 1.807) is 10.6 Å². The van der Waals surface area contributed by atoms with Crippen LogP contribution in [0.25, 0.3) is 10.9 Å². The first-order valence-corrected chi connectivity index (χ1v) is 10.1. The highest BCUT2D eigenvalue weighted by atomic mass is 16.5. The molecule has 0 spiro atoms. The number of nitrogens with two attached hydrogens (primary N) is 1. The molecule has 0 bridgehead atoms. The second kappa shape index (κ2) is 9.09. The van der Waals surface area contributed by atoms with E-state index >= 15 is 0 Å². The van der Waals surface area contributed by atoms with Gasteiger partial charge in [0.05, 0.1) is 18.2 Å². The van der Waals surface area contributed by atoms with Crippen LogP contribution in [-0.4, -0.2) is 33.6 Å². The molecule has 1 unspecified atom stereocenters. The number of primary amides is 1. The van der Waals surface area contributed by atoms with Gasteiger partial charge in [0.2, 0.25) is 5.91 Å². The maximum Gasteiger partial charge on any atom is 0.343 e. The minimum absolute atomic E-state index is 0.117. The summed E-state index contributed by atoms with van der Waals surface area (Å²) in [6, 6.07) is 8.84. The van der Waals surface area contributed by atoms with Gasteiger partial charge in [0, 0.05) is 30.6 Å². The Morgan fingerprint density at radius 1 is 1.22 bits per heavy atom. The van der Waals surface area contributed by atoms with E-state index in [9.17, 15) is 24.3 Å². The zero-order chi connectivity index (χ0) is 23.6. The van der Waals surface area contributed by atoms with Crippen molar-refractivity contribution in [3.8, 4) is 5.75 Å². The van der Waals surface area contributed by atoms with Crippen molar-refractivity contribution < 1.29 is 19.4 Å². The van der Waals surface area contributed by atoms with Crippen molar-refractivity contribution in [2.75, 3.05) is 7.11 Å². The Balaban J connectivity index is 2.37. The number of carbonyl (C=O) groups excluding carboxylic acids is 2. The number of methoxy groups -OCH3 is 1. The van der Waals surface area contributed by atoms with Gasteiger partial charge in [-0.15, -0.1) is 0 Å². The van der Waals surface area contributed by atoms with Crippen molar-refractivity contribution in [2.45, 2.75) is 32.7 Å². The quantitative estimate of drug-likeness (QED) is 0.479. The number of benzene rings is 1. The summed E-state index contributed by atoms with van der Waals surface area (Å²) in [6.45, 7) is 4.33. The molecule has 3 rings (SSSR count). The summed E-state index contributed by atoms with van der Waals surface area (Å²) >= 11 is 0. The van der Waals surface area contributed by atoms with Gasteiger partial charge in [-0.05, 0) is 23.4 Å². The van der Waals surface area contributed by atoms with Gasteiger partial charge in [-0.25, -0.2) is 4.79 Å². The van der Waals surface area contributed by atoms with Crippen molar-refractivity contribution in [1.82, 2.24) is 9.55 Å². The van der Waals surface area contributed by atoms with Crippen LogP contribution >= 0.6 is 0 Å². The highest BCUT2D eigenvalue weighted by Crippen LogP contribution is 2.33. The van der Waals surface area contributed by atoms with Crippen molar-refractivity contribution in [2.24, 2.45) is 11.7 Å². The number of aromatic hydroxyl groups is 1. The summed E-state index contributed by atoms with van der Waals surface area (Å²) < 4.78 is 6.23. The predicted octanol–water partition coefficient (Wildman–Crippen LogP) is 1.85. The molecule has 0 aliphatic carbocycles. The van der Waals surface area contributed by atoms with E-state index in [4.69, 9.17) is 5.73 Å². The Labute approximate surface area is 183 Å². The normalized spacial score (nSPS) is 12.1. The lowest BCUT2D eigenvalue weighted by molar-refractivity contribution is -0.118.